The summed E-state index contributed by atoms with van der Waals surface area (Å²) in [4.78, 5) is 10.9. The molecule has 0 bridgehead atoms. The number of nitrogens with one attached hydrogen (secondary N) is 1. The Balaban J connectivity index is 2.21. The molecule has 0 radical (unpaired) electrons. The molecule has 1 aliphatic rings. The Morgan fingerprint density at radius 2 is 2.00 bits per heavy atom. The van der Waals surface area contributed by atoms with Crippen LogP contribution in [0.1, 0.15) is 32.6 Å². The molecule has 0 aromatic heterocycles. The van der Waals surface area contributed by atoms with E-state index in [1.807, 2.05) is 0 Å². The van der Waals surface area contributed by atoms with Crippen LogP contribution in [0.5, 0.6) is 0 Å². The molecule has 1 fully saturated rings. The zero-order valence-electron chi connectivity index (χ0n) is 7.68. The molecule has 0 aliphatic heterocycles. The SMILES string of the molecule is C[C@H]1CC[C@@H](NC(=O)CN)CC1. The number of carbonyl (C=O) groups is 1. The van der Waals surface area contributed by atoms with E-state index in [0.717, 1.165) is 18.8 Å². The summed E-state index contributed by atoms with van der Waals surface area (Å²) < 4.78 is 0. The van der Waals surface area contributed by atoms with E-state index in [1.54, 1.807) is 0 Å². The summed E-state index contributed by atoms with van der Waals surface area (Å²) in [5, 5.41) is 2.93. The van der Waals surface area contributed by atoms with Crippen LogP contribution in [0, 0.1) is 5.92 Å². The Kier molecular flexibility index (Phi) is 3.53. The molecule has 1 saturated carbocycles. The van der Waals surface area contributed by atoms with Gasteiger partial charge in [0, 0.05) is 6.04 Å². The predicted molar refractivity (Wildman–Crippen MR) is 48.6 cm³/mol. The maximum absolute atomic E-state index is 10.9. The summed E-state index contributed by atoms with van der Waals surface area (Å²) in [7, 11) is 0. The van der Waals surface area contributed by atoms with Crippen LogP contribution in [0.15, 0.2) is 0 Å². The molecule has 3 nitrogen and oxygen atoms in total. The Bertz CT molecular complexity index is 151. The van der Waals surface area contributed by atoms with Crippen molar-refractivity contribution in [3.63, 3.8) is 0 Å². The largest absolute Gasteiger partial charge is 0.352 e. The van der Waals surface area contributed by atoms with E-state index in [0.29, 0.717) is 6.04 Å². The summed E-state index contributed by atoms with van der Waals surface area (Å²) in [5.74, 6) is 0.811. The molecule has 0 spiro atoms. The minimum atomic E-state index is -0.0189. The number of carbonyl (C=O) groups excluding carboxylic acids is 1. The monoisotopic (exact) mass is 170 g/mol. The van der Waals surface area contributed by atoms with Gasteiger partial charge in [-0.25, -0.2) is 0 Å². The standard InChI is InChI=1S/C9H18N2O/c1-7-2-4-8(5-3-7)11-9(12)6-10/h7-8H,2-6,10H2,1H3,(H,11,12)/t7-,8+. The minimum absolute atomic E-state index is 0.0189. The lowest BCUT2D eigenvalue weighted by Gasteiger charge is -2.26. The van der Waals surface area contributed by atoms with E-state index in [2.05, 4.69) is 12.2 Å². The first kappa shape index (κ1) is 9.52. The first-order chi connectivity index (χ1) is 5.72. The quantitative estimate of drug-likeness (QED) is 0.639. The summed E-state index contributed by atoms with van der Waals surface area (Å²) in [6, 6.07) is 0.386. The van der Waals surface area contributed by atoms with Crippen LogP contribution >= 0.6 is 0 Å². The molecule has 0 aromatic rings. The third-order valence-corrected chi connectivity index (χ3v) is 2.57. The van der Waals surface area contributed by atoms with Crippen LogP contribution in [0.3, 0.4) is 0 Å². The summed E-state index contributed by atoms with van der Waals surface area (Å²) in [5.41, 5.74) is 5.20. The number of nitrogens with two attached hydrogens (primary N) is 1. The highest BCUT2D eigenvalue weighted by molar-refractivity contribution is 5.78. The molecule has 3 N–H and O–H groups in total. The number of amides is 1. The fourth-order valence-electron chi connectivity index (χ4n) is 1.69. The van der Waals surface area contributed by atoms with Gasteiger partial charge in [-0.2, -0.15) is 0 Å². The van der Waals surface area contributed by atoms with Crippen LogP contribution in [0.25, 0.3) is 0 Å². The van der Waals surface area contributed by atoms with Crippen molar-refractivity contribution in [3.05, 3.63) is 0 Å². The van der Waals surface area contributed by atoms with Crippen molar-refractivity contribution in [3.8, 4) is 0 Å². The normalized spacial score (nSPS) is 29.8. The van der Waals surface area contributed by atoms with Crippen LogP contribution in [-0.2, 0) is 4.79 Å². The Hall–Kier alpha value is -0.570. The van der Waals surface area contributed by atoms with Crippen LogP contribution in [0.4, 0.5) is 0 Å². The molecule has 1 rings (SSSR count). The van der Waals surface area contributed by atoms with Crippen LogP contribution in [-0.4, -0.2) is 18.5 Å². The maximum atomic E-state index is 10.9. The zero-order chi connectivity index (χ0) is 8.97. The third-order valence-electron chi connectivity index (χ3n) is 2.57. The zero-order valence-corrected chi connectivity index (χ0v) is 7.68. The summed E-state index contributed by atoms with van der Waals surface area (Å²) in [6.07, 6.45) is 4.70. The van der Waals surface area contributed by atoms with Gasteiger partial charge < -0.3 is 11.1 Å². The second-order valence-corrected chi connectivity index (χ2v) is 3.73. The van der Waals surface area contributed by atoms with Crippen molar-refractivity contribution in [1.82, 2.24) is 5.32 Å². The second kappa shape index (κ2) is 4.45. The van der Waals surface area contributed by atoms with Gasteiger partial charge in [0.05, 0.1) is 6.54 Å². The lowest BCUT2D eigenvalue weighted by Crippen LogP contribution is -2.40. The fourth-order valence-corrected chi connectivity index (χ4v) is 1.69. The molecule has 1 amide bonds. The van der Waals surface area contributed by atoms with Gasteiger partial charge in [0.15, 0.2) is 0 Å². The lowest BCUT2D eigenvalue weighted by atomic mass is 9.87. The van der Waals surface area contributed by atoms with Crippen molar-refractivity contribution in [2.75, 3.05) is 6.54 Å². The van der Waals surface area contributed by atoms with Crippen molar-refractivity contribution in [2.45, 2.75) is 38.6 Å². The molecule has 12 heavy (non-hydrogen) atoms. The minimum Gasteiger partial charge on any atom is -0.352 e. The third kappa shape index (κ3) is 2.81. The first-order valence-corrected chi connectivity index (χ1v) is 4.71. The summed E-state index contributed by atoms with van der Waals surface area (Å²) in [6.45, 7) is 2.38. The van der Waals surface area contributed by atoms with Gasteiger partial charge in [-0.15, -0.1) is 0 Å². The lowest BCUT2D eigenvalue weighted by molar-refractivity contribution is -0.120. The highest BCUT2D eigenvalue weighted by Gasteiger charge is 2.18. The second-order valence-electron chi connectivity index (χ2n) is 3.73. The van der Waals surface area contributed by atoms with E-state index in [9.17, 15) is 4.79 Å². The van der Waals surface area contributed by atoms with E-state index >= 15 is 0 Å². The molecule has 0 atom stereocenters. The van der Waals surface area contributed by atoms with Crippen LogP contribution < -0.4 is 11.1 Å². The van der Waals surface area contributed by atoms with E-state index < -0.39 is 0 Å². The van der Waals surface area contributed by atoms with E-state index in [1.165, 1.54) is 12.8 Å². The molecule has 0 saturated heterocycles. The van der Waals surface area contributed by atoms with Gasteiger partial charge in [-0.3, -0.25) is 4.79 Å². The Morgan fingerprint density at radius 3 is 2.50 bits per heavy atom. The molecule has 0 aromatic carbocycles. The first-order valence-electron chi connectivity index (χ1n) is 4.71. The number of hydrogen-bond donors (Lipinski definition) is 2. The Morgan fingerprint density at radius 1 is 1.42 bits per heavy atom. The predicted octanol–water partition coefficient (Wildman–Crippen LogP) is 0.640. The topological polar surface area (TPSA) is 55.1 Å². The summed E-state index contributed by atoms with van der Waals surface area (Å²) >= 11 is 0. The van der Waals surface area contributed by atoms with E-state index in [-0.39, 0.29) is 12.5 Å². The number of hydrogen-bond acceptors (Lipinski definition) is 2. The molecule has 1 aliphatic carbocycles. The van der Waals surface area contributed by atoms with E-state index in [4.69, 9.17) is 5.73 Å². The Labute approximate surface area is 73.7 Å². The van der Waals surface area contributed by atoms with Crippen molar-refractivity contribution >= 4 is 5.91 Å². The highest BCUT2D eigenvalue weighted by atomic mass is 16.1. The van der Waals surface area contributed by atoms with Gasteiger partial charge in [-0.05, 0) is 31.6 Å². The molecular formula is C9H18N2O. The maximum Gasteiger partial charge on any atom is 0.233 e. The smallest absolute Gasteiger partial charge is 0.233 e. The molecule has 70 valence electrons. The molecular weight excluding hydrogens is 152 g/mol. The highest BCUT2D eigenvalue weighted by Crippen LogP contribution is 2.23. The molecule has 0 unspecified atom stereocenters. The number of rotatable bonds is 2. The van der Waals surface area contributed by atoms with Gasteiger partial charge in [-0.1, -0.05) is 6.92 Å². The van der Waals surface area contributed by atoms with Gasteiger partial charge in [0.1, 0.15) is 0 Å². The van der Waals surface area contributed by atoms with Gasteiger partial charge in [0.25, 0.3) is 0 Å². The van der Waals surface area contributed by atoms with Gasteiger partial charge in [0.2, 0.25) is 5.91 Å². The van der Waals surface area contributed by atoms with Crippen LogP contribution in [0.2, 0.25) is 0 Å². The molecule has 0 heterocycles. The van der Waals surface area contributed by atoms with Gasteiger partial charge >= 0.3 is 0 Å². The molecule has 3 heteroatoms. The average Bonchev–Trinajstić information content (AvgIpc) is 2.09. The van der Waals surface area contributed by atoms with Crippen molar-refractivity contribution in [2.24, 2.45) is 11.7 Å². The fraction of sp³-hybridized carbons (Fsp3) is 0.889. The van der Waals surface area contributed by atoms with Crippen molar-refractivity contribution in [1.29, 1.82) is 0 Å². The van der Waals surface area contributed by atoms with Crippen molar-refractivity contribution < 1.29 is 4.79 Å². The average molecular weight is 170 g/mol.